The van der Waals surface area contributed by atoms with Gasteiger partial charge in [-0.1, -0.05) is 12.1 Å². The monoisotopic (exact) mass is 236 g/mol. The highest BCUT2D eigenvalue weighted by Gasteiger charge is 2.02. The number of hydrogen-bond acceptors (Lipinski definition) is 3. The number of hydrogen-bond donors (Lipinski definition) is 3. The summed E-state index contributed by atoms with van der Waals surface area (Å²) in [6.07, 6.45) is 2.20. The van der Waals surface area contributed by atoms with E-state index in [0.717, 1.165) is 18.4 Å². The lowest BCUT2D eigenvalue weighted by atomic mass is 10.1. The van der Waals surface area contributed by atoms with E-state index < -0.39 is 0 Å². The van der Waals surface area contributed by atoms with Crippen molar-refractivity contribution in [3.05, 3.63) is 29.8 Å². The quantitative estimate of drug-likeness (QED) is 0.701. The maximum Gasteiger partial charge on any atom is 0.220 e. The minimum absolute atomic E-state index is 0.0405. The molecule has 0 aliphatic rings. The summed E-state index contributed by atoms with van der Waals surface area (Å²) < 4.78 is 0. The molecule has 0 bridgehead atoms. The fraction of sp³-hybridized carbons (Fsp3) is 0.462. The van der Waals surface area contributed by atoms with E-state index in [1.54, 1.807) is 24.3 Å². The largest absolute Gasteiger partial charge is 0.508 e. The number of benzene rings is 1. The number of phenolic OH excluding ortho intramolecular Hbond substituents is 1. The van der Waals surface area contributed by atoms with Crippen LogP contribution in [0.1, 0.15) is 31.7 Å². The van der Waals surface area contributed by atoms with Crippen LogP contribution in [0.3, 0.4) is 0 Å². The van der Waals surface area contributed by atoms with Crippen molar-refractivity contribution in [3.8, 4) is 5.75 Å². The number of aromatic hydroxyl groups is 1. The lowest BCUT2D eigenvalue weighted by Crippen LogP contribution is -2.23. The molecule has 0 radical (unpaired) electrons. The topological polar surface area (TPSA) is 75.4 Å². The first-order valence-corrected chi connectivity index (χ1v) is 5.88. The Morgan fingerprint density at radius 2 is 2.06 bits per heavy atom. The second kappa shape index (κ2) is 6.91. The van der Waals surface area contributed by atoms with Gasteiger partial charge in [-0.15, -0.1) is 0 Å². The van der Waals surface area contributed by atoms with Crippen LogP contribution in [-0.4, -0.2) is 17.1 Å². The van der Waals surface area contributed by atoms with Gasteiger partial charge in [-0.2, -0.15) is 0 Å². The molecule has 1 unspecified atom stereocenters. The van der Waals surface area contributed by atoms with E-state index >= 15 is 0 Å². The maximum atomic E-state index is 11.5. The molecule has 4 N–H and O–H groups in total. The smallest absolute Gasteiger partial charge is 0.220 e. The predicted octanol–water partition coefficient (Wildman–Crippen LogP) is 1.53. The molecule has 4 heteroatoms. The third-order valence-corrected chi connectivity index (χ3v) is 2.49. The highest BCUT2D eigenvalue weighted by Crippen LogP contribution is 2.09. The standard InChI is InChI=1S/C13H20N2O2/c1-10(14)3-2-4-13(17)15-9-11-5-7-12(16)8-6-11/h5-8,10,16H,2-4,9,14H2,1H3,(H,15,17). The second-order valence-corrected chi connectivity index (χ2v) is 4.31. The summed E-state index contributed by atoms with van der Waals surface area (Å²) >= 11 is 0. The normalized spacial score (nSPS) is 12.1. The Hall–Kier alpha value is -1.55. The Balaban J connectivity index is 2.21. The molecule has 94 valence electrons. The average molecular weight is 236 g/mol. The first-order chi connectivity index (χ1) is 8.08. The van der Waals surface area contributed by atoms with Crippen LogP contribution in [0.15, 0.2) is 24.3 Å². The van der Waals surface area contributed by atoms with Crippen molar-refractivity contribution in [3.63, 3.8) is 0 Å². The molecular weight excluding hydrogens is 216 g/mol. The molecule has 0 saturated carbocycles. The number of carbonyl (C=O) groups excluding carboxylic acids is 1. The van der Waals surface area contributed by atoms with Gasteiger partial charge in [0.1, 0.15) is 5.75 Å². The molecule has 0 spiro atoms. The zero-order valence-electron chi connectivity index (χ0n) is 10.1. The van der Waals surface area contributed by atoms with Gasteiger partial charge in [0.2, 0.25) is 5.91 Å². The van der Waals surface area contributed by atoms with Crippen LogP contribution in [0.2, 0.25) is 0 Å². The lowest BCUT2D eigenvalue weighted by Gasteiger charge is -2.06. The Morgan fingerprint density at radius 3 is 2.65 bits per heavy atom. The number of nitrogens with one attached hydrogen (secondary N) is 1. The van der Waals surface area contributed by atoms with Crippen LogP contribution < -0.4 is 11.1 Å². The molecule has 1 amide bonds. The highest BCUT2D eigenvalue weighted by atomic mass is 16.3. The van der Waals surface area contributed by atoms with Gasteiger partial charge in [0, 0.05) is 19.0 Å². The van der Waals surface area contributed by atoms with Crippen LogP contribution in [0.5, 0.6) is 5.75 Å². The van der Waals surface area contributed by atoms with E-state index in [1.165, 1.54) is 0 Å². The molecule has 4 nitrogen and oxygen atoms in total. The van der Waals surface area contributed by atoms with Gasteiger partial charge in [-0.05, 0) is 37.5 Å². The van der Waals surface area contributed by atoms with E-state index in [1.807, 2.05) is 6.92 Å². The van der Waals surface area contributed by atoms with E-state index in [-0.39, 0.29) is 17.7 Å². The van der Waals surface area contributed by atoms with Gasteiger partial charge in [0.05, 0.1) is 0 Å². The van der Waals surface area contributed by atoms with Crippen LogP contribution in [0.25, 0.3) is 0 Å². The fourth-order valence-electron chi connectivity index (χ4n) is 1.49. The zero-order chi connectivity index (χ0) is 12.7. The van der Waals surface area contributed by atoms with Crippen molar-refractivity contribution in [1.29, 1.82) is 0 Å². The first-order valence-electron chi connectivity index (χ1n) is 5.88. The lowest BCUT2D eigenvalue weighted by molar-refractivity contribution is -0.121. The number of carbonyl (C=O) groups is 1. The second-order valence-electron chi connectivity index (χ2n) is 4.31. The molecule has 0 fully saturated rings. The van der Waals surface area contributed by atoms with Crippen molar-refractivity contribution >= 4 is 5.91 Å². The number of rotatable bonds is 6. The summed E-state index contributed by atoms with van der Waals surface area (Å²) in [5.74, 6) is 0.274. The Bertz CT molecular complexity index is 347. The summed E-state index contributed by atoms with van der Waals surface area (Å²) in [5.41, 5.74) is 6.58. The van der Waals surface area contributed by atoms with Gasteiger partial charge in [-0.3, -0.25) is 4.79 Å². The predicted molar refractivity (Wildman–Crippen MR) is 67.5 cm³/mol. The van der Waals surface area contributed by atoms with Gasteiger partial charge in [0.15, 0.2) is 0 Å². The molecule has 1 atom stereocenters. The molecule has 0 aliphatic heterocycles. The third-order valence-electron chi connectivity index (χ3n) is 2.49. The third kappa shape index (κ3) is 5.92. The molecule has 1 aromatic rings. The molecule has 0 heterocycles. The SMILES string of the molecule is CC(N)CCCC(=O)NCc1ccc(O)cc1. The van der Waals surface area contributed by atoms with Gasteiger partial charge in [0.25, 0.3) is 0 Å². The average Bonchev–Trinajstić information content (AvgIpc) is 2.28. The first kappa shape index (κ1) is 13.5. The van der Waals surface area contributed by atoms with Crippen LogP contribution in [0.4, 0.5) is 0 Å². The van der Waals surface area contributed by atoms with E-state index in [2.05, 4.69) is 5.32 Å². The minimum Gasteiger partial charge on any atom is -0.508 e. The van der Waals surface area contributed by atoms with E-state index in [9.17, 15) is 4.79 Å². The van der Waals surface area contributed by atoms with Crippen molar-refractivity contribution in [2.75, 3.05) is 0 Å². The molecule has 0 aromatic heterocycles. The Morgan fingerprint density at radius 1 is 1.41 bits per heavy atom. The summed E-state index contributed by atoms with van der Waals surface area (Å²) in [4.78, 5) is 11.5. The molecule has 17 heavy (non-hydrogen) atoms. The molecular formula is C13H20N2O2. The van der Waals surface area contributed by atoms with Crippen LogP contribution in [-0.2, 0) is 11.3 Å². The maximum absolute atomic E-state index is 11.5. The highest BCUT2D eigenvalue weighted by molar-refractivity contribution is 5.75. The van der Waals surface area contributed by atoms with Crippen LogP contribution >= 0.6 is 0 Å². The Kier molecular flexibility index (Phi) is 5.49. The van der Waals surface area contributed by atoms with Crippen molar-refractivity contribution in [2.45, 2.75) is 38.8 Å². The summed E-state index contributed by atoms with van der Waals surface area (Å²) in [5, 5.41) is 11.9. The van der Waals surface area contributed by atoms with E-state index in [0.29, 0.717) is 13.0 Å². The molecule has 0 saturated heterocycles. The van der Waals surface area contributed by atoms with Gasteiger partial charge >= 0.3 is 0 Å². The van der Waals surface area contributed by atoms with Gasteiger partial charge in [-0.25, -0.2) is 0 Å². The number of amides is 1. The van der Waals surface area contributed by atoms with Crippen LogP contribution in [0, 0.1) is 0 Å². The summed E-state index contributed by atoms with van der Waals surface area (Å²) in [6, 6.07) is 6.95. The zero-order valence-corrected chi connectivity index (χ0v) is 10.1. The molecule has 1 aromatic carbocycles. The Labute approximate surface area is 102 Å². The molecule has 0 aliphatic carbocycles. The van der Waals surface area contributed by atoms with E-state index in [4.69, 9.17) is 10.8 Å². The van der Waals surface area contributed by atoms with Gasteiger partial charge < -0.3 is 16.2 Å². The number of phenols is 1. The van der Waals surface area contributed by atoms with Crippen molar-refractivity contribution in [1.82, 2.24) is 5.32 Å². The van der Waals surface area contributed by atoms with Crippen molar-refractivity contribution < 1.29 is 9.90 Å². The summed E-state index contributed by atoms with van der Waals surface area (Å²) in [6.45, 7) is 2.44. The number of nitrogens with two attached hydrogens (primary N) is 1. The molecule has 1 rings (SSSR count). The minimum atomic E-state index is 0.0405. The fourth-order valence-corrected chi connectivity index (χ4v) is 1.49. The summed E-state index contributed by atoms with van der Waals surface area (Å²) in [7, 11) is 0. The van der Waals surface area contributed by atoms with Crippen molar-refractivity contribution in [2.24, 2.45) is 5.73 Å².